The van der Waals surface area contributed by atoms with Crippen molar-refractivity contribution in [2.24, 2.45) is 0 Å². The van der Waals surface area contributed by atoms with Gasteiger partial charge in [-0.1, -0.05) is 20.8 Å². The minimum Gasteiger partial charge on any atom is -0.477 e. The Labute approximate surface area is 137 Å². The summed E-state index contributed by atoms with van der Waals surface area (Å²) >= 11 is 0. The lowest BCUT2D eigenvalue weighted by Crippen LogP contribution is -2.24. The second-order valence-electron chi connectivity index (χ2n) is 7.42. The predicted molar refractivity (Wildman–Crippen MR) is 86.8 cm³/mol. The first kappa shape index (κ1) is 16.6. The van der Waals surface area contributed by atoms with E-state index in [9.17, 15) is 19.1 Å². The number of hydrogen-bond acceptors (Lipinski definition) is 2. The summed E-state index contributed by atoms with van der Waals surface area (Å²) in [6, 6.07) is -0.0571. The van der Waals surface area contributed by atoms with Crippen molar-refractivity contribution in [3.63, 3.8) is 0 Å². The highest BCUT2D eigenvalue weighted by molar-refractivity contribution is 5.94. The monoisotopic (exact) mass is 335 g/mol. The Bertz CT molecular complexity index is 934. The third kappa shape index (κ3) is 2.32. The summed E-state index contributed by atoms with van der Waals surface area (Å²) in [6.45, 7) is 6.50. The van der Waals surface area contributed by atoms with Gasteiger partial charge in [0.15, 0.2) is 5.82 Å². The van der Waals surface area contributed by atoms with E-state index in [1.165, 1.54) is 17.7 Å². The van der Waals surface area contributed by atoms with Crippen molar-refractivity contribution in [1.82, 2.24) is 4.57 Å². The fourth-order valence-electron chi connectivity index (χ4n) is 3.17. The van der Waals surface area contributed by atoms with Crippen LogP contribution in [0.3, 0.4) is 0 Å². The van der Waals surface area contributed by atoms with Gasteiger partial charge in [0.1, 0.15) is 11.4 Å². The maximum absolute atomic E-state index is 15.2. The van der Waals surface area contributed by atoms with Gasteiger partial charge in [0, 0.05) is 17.8 Å². The largest absolute Gasteiger partial charge is 0.477 e. The fraction of sp³-hybridized carbons (Fsp3) is 0.444. The van der Waals surface area contributed by atoms with Crippen LogP contribution in [0.4, 0.5) is 8.78 Å². The first-order valence-corrected chi connectivity index (χ1v) is 7.85. The Balaban J connectivity index is 2.59. The summed E-state index contributed by atoms with van der Waals surface area (Å²) in [7, 11) is 0. The minimum atomic E-state index is -1.39. The molecule has 1 N–H and O–H groups in total. The van der Waals surface area contributed by atoms with Crippen molar-refractivity contribution in [2.75, 3.05) is 0 Å². The number of nitrogens with zero attached hydrogens (tertiary/aromatic N) is 1. The van der Waals surface area contributed by atoms with E-state index in [2.05, 4.69) is 0 Å². The molecular formula is C18H19F2NO3. The predicted octanol–water partition coefficient (Wildman–Crippen LogP) is 3.92. The minimum absolute atomic E-state index is 0.00109. The number of aromatic carboxylic acids is 1. The molecule has 1 saturated carbocycles. The number of rotatable bonds is 2. The summed E-state index contributed by atoms with van der Waals surface area (Å²) < 4.78 is 31.5. The van der Waals surface area contributed by atoms with Gasteiger partial charge in [0.2, 0.25) is 5.43 Å². The highest BCUT2D eigenvalue weighted by Crippen LogP contribution is 2.40. The van der Waals surface area contributed by atoms with Gasteiger partial charge < -0.3 is 9.67 Å². The lowest BCUT2D eigenvalue weighted by atomic mass is 9.83. The zero-order valence-electron chi connectivity index (χ0n) is 14.0. The molecule has 4 nitrogen and oxygen atoms in total. The van der Waals surface area contributed by atoms with E-state index >= 15 is 4.39 Å². The summed E-state index contributed by atoms with van der Waals surface area (Å²) in [4.78, 5) is 23.9. The molecule has 128 valence electrons. The van der Waals surface area contributed by atoms with E-state index in [-0.39, 0.29) is 28.1 Å². The van der Waals surface area contributed by atoms with Crippen molar-refractivity contribution < 1.29 is 18.7 Å². The molecule has 6 heteroatoms. The van der Waals surface area contributed by atoms with Crippen LogP contribution in [0.25, 0.3) is 10.9 Å². The van der Waals surface area contributed by atoms with Crippen LogP contribution in [0.5, 0.6) is 0 Å². The number of pyridine rings is 1. The molecule has 0 aliphatic heterocycles. The SMILES string of the molecule is Cc1c(F)c(C(C)(C)C)c(F)c2c1c(=O)c(C(=O)O)cn2C1CC1. The number of aromatic nitrogens is 1. The van der Waals surface area contributed by atoms with Crippen LogP contribution in [0.15, 0.2) is 11.0 Å². The van der Waals surface area contributed by atoms with Gasteiger partial charge in [0.25, 0.3) is 0 Å². The molecule has 1 aliphatic carbocycles. The van der Waals surface area contributed by atoms with Crippen molar-refractivity contribution >= 4 is 16.9 Å². The highest BCUT2D eigenvalue weighted by atomic mass is 19.1. The molecule has 0 spiro atoms. The Kier molecular flexibility index (Phi) is 3.55. The number of fused-ring (bicyclic) bond motifs is 1. The lowest BCUT2D eigenvalue weighted by molar-refractivity contribution is 0.0694. The Morgan fingerprint density at radius 3 is 2.29 bits per heavy atom. The number of carbonyl (C=O) groups is 1. The van der Waals surface area contributed by atoms with Crippen LogP contribution in [0.2, 0.25) is 0 Å². The zero-order valence-corrected chi connectivity index (χ0v) is 14.0. The molecule has 1 fully saturated rings. The average Bonchev–Trinajstić information content (AvgIpc) is 3.27. The summed E-state index contributed by atoms with van der Waals surface area (Å²) in [6.07, 6.45) is 2.74. The third-order valence-corrected chi connectivity index (χ3v) is 4.51. The van der Waals surface area contributed by atoms with Crippen LogP contribution in [0, 0.1) is 18.6 Å². The van der Waals surface area contributed by atoms with Gasteiger partial charge in [-0.2, -0.15) is 0 Å². The van der Waals surface area contributed by atoms with Crippen LogP contribution in [-0.4, -0.2) is 15.6 Å². The third-order valence-electron chi connectivity index (χ3n) is 4.51. The maximum Gasteiger partial charge on any atom is 0.341 e. The lowest BCUT2D eigenvalue weighted by Gasteiger charge is -2.24. The van der Waals surface area contributed by atoms with E-state index in [4.69, 9.17) is 0 Å². The van der Waals surface area contributed by atoms with Gasteiger partial charge in [0.05, 0.1) is 10.9 Å². The molecule has 2 aromatic rings. The van der Waals surface area contributed by atoms with E-state index in [1.54, 1.807) is 20.8 Å². The zero-order chi connectivity index (χ0) is 18.0. The average molecular weight is 335 g/mol. The first-order chi connectivity index (χ1) is 11.1. The molecule has 0 saturated heterocycles. The Hall–Kier alpha value is -2.24. The normalized spacial score (nSPS) is 15.1. The number of benzene rings is 1. The van der Waals surface area contributed by atoms with Gasteiger partial charge in [-0.05, 0) is 30.7 Å². The van der Waals surface area contributed by atoms with Crippen molar-refractivity contribution in [3.05, 3.63) is 44.7 Å². The van der Waals surface area contributed by atoms with E-state index in [0.29, 0.717) is 0 Å². The molecule has 0 amide bonds. The molecule has 1 aromatic carbocycles. The van der Waals surface area contributed by atoms with Crippen LogP contribution < -0.4 is 5.43 Å². The number of carboxylic acids is 1. The Morgan fingerprint density at radius 2 is 1.83 bits per heavy atom. The second kappa shape index (κ2) is 5.13. The van der Waals surface area contributed by atoms with Crippen molar-refractivity contribution in [1.29, 1.82) is 0 Å². The summed E-state index contributed by atoms with van der Waals surface area (Å²) in [5, 5.41) is 9.09. The molecular weight excluding hydrogens is 316 g/mol. The molecule has 0 unspecified atom stereocenters. The smallest absolute Gasteiger partial charge is 0.341 e. The highest BCUT2D eigenvalue weighted by Gasteiger charge is 2.33. The van der Waals surface area contributed by atoms with Gasteiger partial charge in [-0.25, -0.2) is 13.6 Å². The molecule has 1 aromatic heterocycles. The molecule has 0 bridgehead atoms. The summed E-state index contributed by atoms with van der Waals surface area (Å²) in [5.41, 5.74) is -2.16. The number of carboxylic acid groups (broad SMARTS) is 1. The fourth-order valence-corrected chi connectivity index (χ4v) is 3.17. The molecule has 0 radical (unpaired) electrons. The van der Waals surface area contributed by atoms with Gasteiger partial charge >= 0.3 is 5.97 Å². The quantitative estimate of drug-likeness (QED) is 0.905. The topological polar surface area (TPSA) is 59.3 Å². The summed E-state index contributed by atoms with van der Waals surface area (Å²) in [5.74, 6) is -2.95. The molecule has 1 aliphatic rings. The molecule has 3 rings (SSSR count). The molecule has 24 heavy (non-hydrogen) atoms. The van der Waals surface area contributed by atoms with Gasteiger partial charge in [-0.3, -0.25) is 4.79 Å². The number of hydrogen-bond donors (Lipinski definition) is 1. The van der Waals surface area contributed by atoms with E-state index < -0.39 is 34.0 Å². The van der Waals surface area contributed by atoms with Crippen molar-refractivity contribution in [3.8, 4) is 0 Å². The van der Waals surface area contributed by atoms with E-state index in [1.807, 2.05) is 0 Å². The van der Waals surface area contributed by atoms with Crippen LogP contribution in [-0.2, 0) is 5.41 Å². The van der Waals surface area contributed by atoms with Crippen LogP contribution >= 0.6 is 0 Å². The maximum atomic E-state index is 15.2. The molecule has 1 heterocycles. The van der Waals surface area contributed by atoms with Crippen molar-refractivity contribution in [2.45, 2.75) is 52.0 Å². The Morgan fingerprint density at radius 1 is 1.25 bits per heavy atom. The second-order valence-corrected chi connectivity index (χ2v) is 7.42. The number of aryl methyl sites for hydroxylation is 1. The van der Waals surface area contributed by atoms with Gasteiger partial charge in [-0.15, -0.1) is 0 Å². The number of halogens is 2. The van der Waals surface area contributed by atoms with Crippen LogP contribution in [0.1, 0.15) is 61.1 Å². The first-order valence-electron chi connectivity index (χ1n) is 7.85. The molecule has 0 atom stereocenters. The van der Waals surface area contributed by atoms with E-state index in [0.717, 1.165) is 12.8 Å². The standard InChI is InChI=1S/C18H19F2NO3/c1-8-11-15(14(20)12(13(8)19)18(2,3)4)21(9-5-6-9)7-10(16(11)22)17(23)24/h7,9H,5-6H2,1-4H3,(H,23,24).